The van der Waals surface area contributed by atoms with Crippen LogP contribution in [-0.2, 0) is 4.79 Å². The van der Waals surface area contributed by atoms with Gasteiger partial charge in [0.25, 0.3) is 0 Å². The van der Waals surface area contributed by atoms with Crippen molar-refractivity contribution in [2.75, 3.05) is 52.7 Å². The minimum absolute atomic E-state index is 0.369. The Morgan fingerprint density at radius 1 is 0.848 bits per heavy atom. The topological polar surface area (TPSA) is 26.8 Å². The van der Waals surface area contributed by atoms with Crippen molar-refractivity contribution in [2.24, 2.45) is 0 Å². The van der Waals surface area contributed by atoms with Gasteiger partial charge in [-0.05, 0) is 85.3 Å². The highest BCUT2D eigenvalue weighted by atomic mass is 16.1. The van der Waals surface area contributed by atoms with Gasteiger partial charge in [0, 0.05) is 11.4 Å². The molecule has 0 aliphatic carbocycles. The van der Waals surface area contributed by atoms with Crippen LogP contribution in [0.1, 0.15) is 19.8 Å². The molecule has 180 valence electrons. The third kappa shape index (κ3) is 17.3. The molecule has 0 atom stereocenters. The maximum absolute atomic E-state index is 10.7. The van der Waals surface area contributed by atoms with E-state index in [2.05, 4.69) is 18.5 Å². The van der Waals surface area contributed by atoms with E-state index in [0.717, 1.165) is 17.7 Å². The molecule has 0 radical (unpaired) electrons. The monoisotopic (exact) mass is 449 g/mol. The summed E-state index contributed by atoms with van der Waals surface area (Å²) in [5.41, 5.74) is 2.06. The summed E-state index contributed by atoms with van der Waals surface area (Å²) in [6.45, 7) is 8.50. The molecule has 0 N–H and O–H groups in total. The molecule has 33 heavy (non-hydrogen) atoms. The van der Waals surface area contributed by atoms with E-state index < -0.39 is 0 Å². The van der Waals surface area contributed by atoms with Crippen LogP contribution in [-0.4, -0.2) is 63.9 Å². The Kier molecular flexibility index (Phi) is 19.1. The smallest absolute Gasteiger partial charge is 0.139 e. The number of nitrogens with zero attached hydrogens (tertiary/aromatic N) is 3. The van der Waals surface area contributed by atoms with Gasteiger partial charge in [-0.25, -0.2) is 0 Å². The second-order valence-electron chi connectivity index (χ2n) is 7.95. The van der Waals surface area contributed by atoms with Gasteiger partial charge in [0.05, 0.1) is 6.54 Å². The fourth-order valence-electron chi connectivity index (χ4n) is 2.78. The van der Waals surface area contributed by atoms with Gasteiger partial charge in [-0.1, -0.05) is 73.4 Å². The van der Waals surface area contributed by atoms with Crippen LogP contribution in [0.25, 0.3) is 0 Å². The normalized spacial score (nSPS) is 12.8. The van der Waals surface area contributed by atoms with E-state index in [0.29, 0.717) is 6.54 Å². The Morgan fingerprint density at radius 3 is 1.61 bits per heavy atom. The van der Waals surface area contributed by atoms with E-state index >= 15 is 0 Å². The molecule has 1 aliphatic heterocycles. The molecule has 2 aromatic carbocycles. The van der Waals surface area contributed by atoms with Crippen LogP contribution in [0.5, 0.6) is 0 Å². The van der Waals surface area contributed by atoms with E-state index in [9.17, 15) is 4.79 Å². The lowest BCUT2D eigenvalue weighted by Crippen LogP contribution is -2.18. The van der Waals surface area contributed by atoms with Gasteiger partial charge in [-0.3, -0.25) is 0 Å². The number of rotatable bonds is 6. The zero-order valence-electron chi connectivity index (χ0n) is 21.2. The van der Waals surface area contributed by atoms with Gasteiger partial charge < -0.3 is 19.5 Å². The highest BCUT2D eigenvalue weighted by molar-refractivity contribution is 5.70. The first-order chi connectivity index (χ1) is 16.0. The molecule has 1 heterocycles. The average Bonchev–Trinajstić information content (AvgIpc) is 3.30. The van der Waals surface area contributed by atoms with Crippen molar-refractivity contribution in [3.05, 3.63) is 97.6 Å². The predicted octanol–water partition coefficient (Wildman–Crippen LogP) is 6.22. The molecule has 1 aliphatic rings. The number of carbonyl (C=O) groups excluding carboxylic acids is 1. The SMILES string of the molecule is C=C/C=C\C=C/C.CN(C)C.CN1CCCC1.O=CCN(c1ccccc1)c1ccccc1. The Labute approximate surface area is 202 Å². The highest BCUT2D eigenvalue weighted by Gasteiger charge is 2.06. The average molecular weight is 450 g/mol. The molecule has 3 rings (SSSR count). The van der Waals surface area contributed by atoms with E-state index in [-0.39, 0.29) is 0 Å². The van der Waals surface area contributed by atoms with Gasteiger partial charge in [-0.2, -0.15) is 0 Å². The Bertz CT molecular complexity index is 722. The fraction of sp³-hybridized carbons (Fsp3) is 0.345. The first-order valence-electron chi connectivity index (χ1n) is 11.5. The first-order valence-corrected chi connectivity index (χ1v) is 11.5. The number of benzene rings is 2. The molecule has 1 saturated heterocycles. The van der Waals surface area contributed by atoms with E-state index in [1.54, 1.807) is 6.08 Å². The molecule has 0 aromatic heterocycles. The third-order valence-electron chi connectivity index (χ3n) is 4.27. The summed E-state index contributed by atoms with van der Waals surface area (Å²) in [5, 5.41) is 0. The van der Waals surface area contributed by atoms with Crippen LogP contribution >= 0.6 is 0 Å². The lowest BCUT2D eigenvalue weighted by molar-refractivity contribution is -0.106. The van der Waals surface area contributed by atoms with Crippen LogP contribution in [0.3, 0.4) is 0 Å². The van der Waals surface area contributed by atoms with Crippen molar-refractivity contribution in [1.82, 2.24) is 9.80 Å². The number of allylic oxidation sites excluding steroid dienone is 5. The molecule has 0 saturated carbocycles. The second-order valence-corrected chi connectivity index (χ2v) is 7.95. The molecule has 1 fully saturated rings. The quantitative estimate of drug-likeness (QED) is 0.386. The van der Waals surface area contributed by atoms with Gasteiger partial charge in [0.15, 0.2) is 0 Å². The van der Waals surface area contributed by atoms with Gasteiger partial charge >= 0.3 is 0 Å². The standard InChI is InChI=1S/C14H13NO.C7H10.C5H11N.C3H9N/c16-12-11-15(13-7-3-1-4-8-13)14-9-5-2-6-10-14;1-3-5-7-6-4-2;1-6-4-2-3-5-6;1-4(2)3/h1-10,12H,11H2;3-7H,1H2,2H3;2-5H2,1H3;1-3H3/b;6-4-,7-5-;;. The van der Waals surface area contributed by atoms with Crippen LogP contribution in [0, 0.1) is 0 Å². The van der Waals surface area contributed by atoms with Crippen LogP contribution in [0.2, 0.25) is 0 Å². The molecule has 4 nitrogen and oxygen atoms in total. The first kappa shape index (κ1) is 30.0. The number of hydrogen-bond acceptors (Lipinski definition) is 4. The molecular formula is C29H43N3O. The Balaban J connectivity index is 0.000000498. The molecule has 0 unspecified atom stereocenters. The van der Waals surface area contributed by atoms with E-state index in [1.807, 2.05) is 123 Å². The number of hydrogen-bond donors (Lipinski definition) is 0. The molecule has 0 spiro atoms. The lowest BCUT2D eigenvalue weighted by Gasteiger charge is -2.22. The van der Waals surface area contributed by atoms with Gasteiger partial charge in [0.2, 0.25) is 0 Å². The predicted molar refractivity (Wildman–Crippen MR) is 146 cm³/mol. The summed E-state index contributed by atoms with van der Waals surface area (Å²) < 4.78 is 0. The maximum atomic E-state index is 10.7. The number of likely N-dealkylation sites (tertiary alicyclic amines) is 1. The Hall–Kier alpha value is -2.95. The van der Waals surface area contributed by atoms with Crippen LogP contribution in [0.15, 0.2) is 97.6 Å². The van der Waals surface area contributed by atoms with Crippen molar-refractivity contribution >= 4 is 17.7 Å². The van der Waals surface area contributed by atoms with Crippen LogP contribution in [0.4, 0.5) is 11.4 Å². The molecule has 0 amide bonds. The maximum Gasteiger partial charge on any atom is 0.139 e. The summed E-state index contributed by atoms with van der Waals surface area (Å²) in [5.74, 6) is 0. The summed E-state index contributed by atoms with van der Waals surface area (Å²) in [6.07, 6.45) is 13.3. The zero-order valence-corrected chi connectivity index (χ0v) is 21.2. The van der Waals surface area contributed by atoms with Gasteiger partial charge in [-0.15, -0.1) is 0 Å². The molecule has 0 bridgehead atoms. The summed E-state index contributed by atoms with van der Waals surface area (Å²) in [6, 6.07) is 19.8. The lowest BCUT2D eigenvalue weighted by atomic mass is 10.2. The second kappa shape index (κ2) is 20.9. The minimum Gasteiger partial charge on any atom is -0.334 e. The number of anilines is 2. The third-order valence-corrected chi connectivity index (χ3v) is 4.27. The summed E-state index contributed by atoms with van der Waals surface area (Å²) >= 11 is 0. The van der Waals surface area contributed by atoms with Crippen molar-refractivity contribution in [3.8, 4) is 0 Å². The molecular weight excluding hydrogens is 406 g/mol. The summed E-state index contributed by atoms with van der Waals surface area (Å²) in [4.78, 5) is 17.1. The minimum atomic E-state index is 0.369. The Morgan fingerprint density at radius 2 is 1.30 bits per heavy atom. The number of para-hydroxylation sites is 2. The number of carbonyl (C=O) groups is 1. The molecule has 2 aromatic rings. The van der Waals surface area contributed by atoms with Crippen LogP contribution < -0.4 is 4.90 Å². The van der Waals surface area contributed by atoms with Gasteiger partial charge in [0.1, 0.15) is 6.29 Å². The largest absolute Gasteiger partial charge is 0.334 e. The van der Waals surface area contributed by atoms with Crippen molar-refractivity contribution in [3.63, 3.8) is 0 Å². The summed E-state index contributed by atoms with van der Waals surface area (Å²) in [7, 11) is 8.17. The van der Waals surface area contributed by atoms with Crippen molar-refractivity contribution in [1.29, 1.82) is 0 Å². The van der Waals surface area contributed by atoms with E-state index in [1.165, 1.54) is 25.9 Å². The molecule has 4 heteroatoms. The highest BCUT2D eigenvalue weighted by Crippen LogP contribution is 2.23. The van der Waals surface area contributed by atoms with Crippen molar-refractivity contribution < 1.29 is 4.79 Å². The fourth-order valence-corrected chi connectivity index (χ4v) is 2.78. The zero-order chi connectivity index (χ0) is 24.7. The van der Waals surface area contributed by atoms with E-state index in [4.69, 9.17) is 0 Å². The van der Waals surface area contributed by atoms with Crippen molar-refractivity contribution in [2.45, 2.75) is 19.8 Å². The number of aldehydes is 1.